The SMILES string of the molecule is Cn1cc(/C=C/c2nc3ccccc3c(=O)n2CCCC(=O)O)cn1. The maximum atomic E-state index is 12.8. The predicted octanol–water partition coefficient (Wildman–Crippen LogP) is 2.17. The summed E-state index contributed by atoms with van der Waals surface area (Å²) >= 11 is 0. The molecule has 0 spiro atoms. The summed E-state index contributed by atoms with van der Waals surface area (Å²) in [6, 6.07) is 7.14. The summed E-state index contributed by atoms with van der Waals surface area (Å²) < 4.78 is 3.21. The first-order valence-corrected chi connectivity index (χ1v) is 7.93. The number of aromatic nitrogens is 4. The molecule has 0 aliphatic heterocycles. The van der Waals surface area contributed by atoms with Gasteiger partial charge in [0.1, 0.15) is 5.82 Å². The maximum Gasteiger partial charge on any atom is 0.303 e. The van der Waals surface area contributed by atoms with E-state index in [1.54, 1.807) is 35.2 Å². The van der Waals surface area contributed by atoms with Gasteiger partial charge in [0, 0.05) is 31.8 Å². The van der Waals surface area contributed by atoms with E-state index in [2.05, 4.69) is 10.1 Å². The van der Waals surface area contributed by atoms with Crippen molar-refractivity contribution in [3.05, 3.63) is 58.4 Å². The van der Waals surface area contributed by atoms with Gasteiger partial charge in [-0.05, 0) is 30.7 Å². The van der Waals surface area contributed by atoms with Crippen molar-refractivity contribution in [3.63, 3.8) is 0 Å². The van der Waals surface area contributed by atoms with Gasteiger partial charge < -0.3 is 5.11 Å². The summed E-state index contributed by atoms with van der Waals surface area (Å²) in [7, 11) is 1.83. The van der Waals surface area contributed by atoms with Crippen molar-refractivity contribution in [2.24, 2.45) is 7.05 Å². The number of aryl methyl sites for hydroxylation is 1. The highest BCUT2D eigenvalue weighted by molar-refractivity contribution is 5.79. The molecule has 0 aliphatic carbocycles. The molecule has 0 saturated heterocycles. The first kappa shape index (κ1) is 16.6. The fraction of sp³-hybridized carbons (Fsp3) is 0.222. The van der Waals surface area contributed by atoms with E-state index in [9.17, 15) is 9.59 Å². The van der Waals surface area contributed by atoms with Crippen LogP contribution in [-0.4, -0.2) is 30.4 Å². The van der Waals surface area contributed by atoms with Gasteiger partial charge in [-0.15, -0.1) is 0 Å². The molecule has 0 fully saturated rings. The number of hydrogen-bond donors (Lipinski definition) is 1. The minimum Gasteiger partial charge on any atom is -0.481 e. The third kappa shape index (κ3) is 3.82. The summed E-state index contributed by atoms with van der Waals surface area (Å²) in [6.45, 7) is 0.301. The van der Waals surface area contributed by atoms with Gasteiger partial charge in [0.2, 0.25) is 0 Å². The van der Waals surface area contributed by atoms with E-state index in [0.717, 1.165) is 5.56 Å². The minimum absolute atomic E-state index is 0.00499. The van der Waals surface area contributed by atoms with Crippen LogP contribution >= 0.6 is 0 Å². The molecular formula is C18H18N4O3. The van der Waals surface area contributed by atoms with Crippen molar-refractivity contribution in [2.75, 3.05) is 0 Å². The topological polar surface area (TPSA) is 90.0 Å². The molecule has 0 unspecified atom stereocenters. The Morgan fingerprint density at radius 3 is 2.80 bits per heavy atom. The summed E-state index contributed by atoms with van der Waals surface area (Å²) in [6.07, 6.45) is 7.52. The van der Waals surface area contributed by atoms with Gasteiger partial charge in [-0.3, -0.25) is 18.8 Å². The standard InChI is InChI=1S/C18H18N4O3/c1-21-12-13(11-19-21)8-9-16-20-15-6-3-2-5-14(15)18(25)22(16)10-4-7-17(23)24/h2-3,5-6,8-9,11-12H,4,7,10H2,1H3,(H,23,24)/b9-8+. The Labute approximate surface area is 143 Å². The van der Waals surface area contributed by atoms with Crippen LogP contribution in [0.25, 0.3) is 23.1 Å². The van der Waals surface area contributed by atoms with Crippen LogP contribution in [0.2, 0.25) is 0 Å². The van der Waals surface area contributed by atoms with Gasteiger partial charge in [0.05, 0.1) is 17.1 Å². The van der Waals surface area contributed by atoms with Gasteiger partial charge in [-0.1, -0.05) is 12.1 Å². The van der Waals surface area contributed by atoms with E-state index in [1.807, 2.05) is 25.4 Å². The van der Waals surface area contributed by atoms with E-state index in [0.29, 0.717) is 29.7 Å². The quantitative estimate of drug-likeness (QED) is 0.744. The Morgan fingerprint density at radius 2 is 2.08 bits per heavy atom. The lowest BCUT2D eigenvalue weighted by atomic mass is 10.2. The van der Waals surface area contributed by atoms with Crippen molar-refractivity contribution in [1.82, 2.24) is 19.3 Å². The molecule has 7 heteroatoms. The highest BCUT2D eigenvalue weighted by Crippen LogP contribution is 2.11. The lowest BCUT2D eigenvalue weighted by molar-refractivity contribution is -0.137. The molecule has 1 N–H and O–H groups in total. The number of rotatable bonds is 6. The van der Waals surface area contributed by atoms with Crippen LogP contribution < -0.4 is 5.56 Å². The van der Waals surface area contributed by atoms with Crippen molar-refractivity contribution >= 4 is 29.0 Å². The zero-order valence-electron chi connectivity index (χ0n) is 13.8. The van der Waals surface area contributed by atoms with Crippen molar-refractivity contribution in [2.45, 2.75) is 19.4 Å². The number of carboxylic acid groups (broad SMARTS) is 1. The molecule has 0 saturated carbocycles. The third-order valence-corrected chi connectivity index (χ3v) is 3.81. The summed E-state index contributed by atoms with van der Waals surface area (Å²) in [5, 5.41) is 13.5. The highest BCUT2D eigenvalue weighted by Gasteiger charge is 2.09. The Balaban J connectivity index is 2.02. The molecule has 1 aromatic carbocycles. The smallest absolute Gasteiger partial charge is 0.303 e. The van der Waals surface area contributed by atoms with Crippen LogP contribution in [0.5, 0.6) is 0 Å². The fourth-order valence-corrected chi connectivity index (χ4v) is 2.61. The lowest BCUT2D eigenvalue weighted by Gasteiger charge is -2.10. The molecule has 0 amide bonds. The molecule has 0 radical (unpaired) electrons. The van der Waals surface area contributed by atoms with Crippen LogP contribution in [-0.2, 0) is 18.4 Å². The number of benzene rings is 1. The molecule has 2 heterocycles. The number of aliphatic carboxylic acids is 1. The normalized spacial score (nSPS) is 11.4. The second-order valence-electron chi connectivity index (χ2n) is 5.72. The van der Waals surface area contributed by atoms with E-state index >= 15 is 0 Å². The fourth-order valence-electron chi connectivity index (χ4n) is 2.61. The average Bonchev–Trinajstić information content (AvgIpc) is 3.00. The molecule has 0 bridgehead atoms. The van der Waals surface area contributed by atoms with Gasteiger partial charge in [-0.25, -0.2) is 4.98 Å². The average molecular weight is 338 g/mol. The van der Waals surface area contributed by atoms with E-state index < -0.39 is 5.97 Å². The number of nitrogens with zero attached hydrogens (tertiary/aromatic N) is 4. The van der Waals surface area contributed by atoms with Crippen LogP contribution in [0.3, 0.4) is 0 Å². The monoisotopic (exact) mass is 338 g/mol. The van der Waals surface area contributed by atoms with Crippen LogP contribution in [0.4, 0.5) is 0 Å². The number of hydrogen-bond acceptors (Lipinski definition) is 4. The van der Waals surface area contributed by atoms with Crippen LogP contribution in [0.1, 0.15) is 24.2 Å². The molecule has 25 heavy (non-hydrogen) atoms. The second-order valence-corrected chi connectivity index (χ2v) is 5.72. The Morgan fingerprint density at radius 1 is 1.28 bits per heavy atom. The number of fused-ring (bicyclic) bond motifs is 1. The first-order chi connectivity index (χ1) is 12.0. The number of carbonyl (C=O) groups is 1. The molecule has 128 valence electrons. The van der Waals surface area contributed by atoms with Crippen LogP contribution in [0.15, 0.2) is 41.5 Å². The lowest BCUT2D eigenvalue weighted by Crippen LogP contribution is -2.24. The minimum atomic E-state index is -0.880. The summed E-state index contributed by atoms with van der Waals surface area (Å²) in [5.41, 5.74) is 1.34. The van der Waals surface area contributed by atoms with Crippen LogP contribution in [0, 0.1) is 0 Å². The van der Waals surface area contributed by atoms with E-state index in [4.69, 9.17) is 5.11 Å². The highest BCUT2D eigenvalue weighted by atomic mass is 16.4. The molecule has 7 nitrogen and oxygen atoms in total. The first-order valence-electron chi connectivity index (χ1n) is 7.93. The molecule has 3 rings (SSSR count). The van der Waals surface area contributed by atoms with E-state index in [1.165, 1.54) is 4.57 Å². The maximum absolute atomic E-state index is 12.8. The van der Waals surface area contributed by atoms with Crippen molar-refractivity contribution in [1.29, 1.82) is 0 Å². The summed E-state index contributed by atoms with van der Waals surface area (Å²) in [4.78, 5) is 28.1. The molecule has 3 aromatic rings. The van der Waals surface area contributed by atoms with Gasteiger partial charge in [0.25, 0.3) is 5.56 Å². The summed E-state index contributed by atoms with van der Waals surface area (Å²) in [5.74, 6) is -0.382. The molecule has 0 atom stereocenters. The van der Waals surface area contributed by atoms with Crippen molar-refractivity contribution < 1.29 is 9.90 Å². The second kappa shape index (κ2) is 7.12. The number of carboxylic acids is 1. The molecule has 2 aromatic heterocycles. The zero-order chi connectivity index (χ0) is 17.8. The Hall–Kier alpha value is -3.22. The molecular weight excluding hydrogens is 320 g/mol. The van der Waals surface area contributed by atoms with Gasteiger partial charge >= 0.3 is 5.97 Å². The molecule has 0 aliphatic rings. The predicted molar refractivity (Wildman–Crippen MR) is 95.0 cm³/mol. The van der Waals surface area contributed by atoms with Gasteiger partial charge in [-0.2, -0.15) is 5.10 Å². The Kier molecular flexibility index (Phi) is 4.74. The third-order valence-electron chi connectivity index (χ3n) is 3.81. The zero-order valence-corrected chi connectivity index (χ0v) is 13.8. The Bertz CT molecular complexity index is 1000. The van der Waals surface area contributed by atoms with Gasteiger partial charge in [0.15, 0.2) is 0 Å². The van der Waals surface area contributed by atoms with E-state index in [-0.39, 0.29) is 12.0 Å². The number of para-hydroxylation sites is 1. The van der Waals surface area contributed by atoms with Crippen molar-refractivity contribution in [3.8, 4) is 0 Å². The largest absolute Gasteiger partial charge is 0.481 e.